The Morgan fingerprint density at radius 3 is 2.03 bits per heavy atom. The molecule has 0 fully saturated rings. The fraction of sp³-hybridized carbons (Fsp3) is 0.306. The van der Waals surface area contributed by atoms with Gasteiger partial charge in [-0.25, -0.2) is 0 Å². The lowest BCUT2D eigenvalue weighted by Crippen LogP contribution is -2.34. The average Bonchev–Trinajstić information content (AvgIpc) is 3.27. The number of nitrogens with zero attached hydrogens (tertiary/aromatic N) is 2. The number of hydrogen-bond donors (Lipinski definition) is 0. The summed E-state index contributed by atoms with van der Waals surface area (Å²) in [5, 5.41) is 10.9. The van der Waals surface area contributed by atoms with Gasteiger partial charge < -0.3 is 0 Å². The molecule has 0 aromatic heterocycles. The van der Waals surface area contributed by atoms with Crippen LogP contribution in [0.5, 0.6) is 0 Å². The minimum absolute atomic E-state index is 0.446. The molecule has 0 N–H and O–H groups in total. The van der Waals surface area contributed by atoms with E-state index >= 15 is 0 Å². The maximum Gasteiger partial charge on any atom is 0.109 e. The van der Waals surface area contributed by atoms with Crippen LogP contribution in [0.15, 0.2) is 103 Å². The molecule has 0 bridgehead atoms. The molecule has 0 saturated carbocycles. The average molecular weight is 625 g/mol. The minimum atomic E-state index is -0.573. The van der Waals surface area contributed by atoms with Gasteiger partial charge in [-0.05, 0) is 71.0 Å². The van der Waals surface area contributed by atoms with E-state index in [4.69, 9.17) is 0 Å². The molecule has 0 radical (unpaired) electrons. The summed E-state index contributed by atoms with van der Waals surface area (Å²) in [6, 6.07) is 40.2. The number of fused-ring (bicyclic) bond motifs is 3. The lowest BCUT2D eigenvalue weighted by atomic mass is 9.73. The maximum atomic E-state index is 10.9. The van der Waals surface area contributed by atoms with Gasteiger partial charge in [0.1, 0.15) is 5.41 Å². The Morgan fingerprint density at radius 2 is 1.41 bits per heavy atom. The van der Waals surface area contributed by atoms with E-state index in [9.17, 15) is 5.26 Å². The molecule has 198 valence electrons. The van der Waals surface area contributed by atoms with Gasteiger partial charge in [0.05, 0.1) is 6.07 Å². The van der Waals surface area contributed by atoms with Gasteiger partial charge >= 0.3 is 0 Å². The molecule has 5 rings (SSSR count). The van der Waals surface area contributed by atoms with Gasteiger partial charge in [0.15, 0.2) is 0 Å². The number of halogens is 1. The molecule has 0 spiro atoms. The molecule has 0 aliphatic heterocycles. The van der Waals surface area contributed by atoms with Crippen LogP contribution in [-0.2, 0) is 24.9 Å². The quantitative estimate of drug-likeness (QED) is 0.116. The first-order chi connectivity index (χ1) is 19.2. The third-order valence-electron chi connectivity index (χ3n) is 8.34. The summed E-state index contributed by atoms with van der Waals surface area (Å²) >= 11 is 2.46. The molecular formula is C36H37IN2. The van der Waals surface area contributed by atoms with E-state index in [1.54, 1.807) is 0 Å². The smallest absolute Gasteiger partial charge is 0.109 e. The van der Waals surface area contributed by atoms with E-state index in [-0.39, 0.29) is 0 Å². The van der Waals surface area contributed by atoms with Gasteiger partial charge in [-0.15, -0.1) is 0 Å². The molecule has 4 aromatic rings. The largest absolute Gasteiger partial charge is 0.292 e. The van der Waals surface area contributed by atoms with Crippen molar-refractivity contribution in [2.24, 2.45) is 0 Å². The van der Waals surface area contributed by atoms with E-state index in [0.717, 1.165) is 49.6 Å². The van der Waals surface area contributed by atoms with Crippen LogP contribution in [0.3, 0.4) is 0 Å². The lowest BCUT2D eigenvalue weighted by Gasteiger charge is -2.33. The second kappa shape index (κ2) is 12.9. The van der Waals surface area contributed by atoms with Gasteiger partial charge in [-0.3, -0.25) is 4.90 Å². The fourth-order valence-electron chi connectivity index (χ4n) is 6.49. The first kappa shape index (κ1) is 27.6. The van der Waals surface area contributed by atoms with Gasteiger partial charge in [-0.2, -0.15) is 5.26 Å². The molecule has 39 heavy (non-hydrogen) atoms. The van der Waals surface area contributed by atoms with Crippen LogP contribution in [-0.4, -0.2) is 15.4 Å². The number of alkyl halides is 1. The van der Waals surface area contributed by atoms with Gasteiger partial charge in [0, 0.05) is 23.6 Å². The first-order valence-electron chi connectivity index (χ1n) is 14.2. The number of benzene rings is 4. The summed E-state index contributed by atoms with van der Waals surface area (Å²) in [5.74, 6) is 0. The van der Waals surface area contributed by atoms with Crippen molar-refractivity contribution >= 4 is 22.6 Å². The second-order valence-electron chi connectivity index (χ2n) is 10.7. The van der Waals surface area contributed by atoms with Crippen molar-refractivity contribution in [2.45, 2.75) is 63.6 Å². The zero-order valence-electron chi connectivity index (χ0n) is 22.8. The van der Waals surface area contributed by atoms with Gasteiger partial charge in [0.2, 0.25) is 0 Å². The molecule has 3 heteroatoms. The predicted molar refractivity (Wildman–Crippen MR) is 171 cm³/mol. The molecule has 2 atom stereocenters. The maximum absolute atomic E-state index is 10.9. The lowest BCUT2D eigenvalue weighted by molar-refractivity contribution is 0.160. The summed E-state index contributed by atoms with van der Waals surface area (Å²) in [7, 11) is 0. The molecule has 1 aliphatic carbocycles. The topological polar surface area (TPSA) is 27.0 Å². The van der Waals surface area contributed by atoms with E-state index in [1.165, 1.54) is 38.9 Å². The van der Waals surface area contributed by atoms with Crippen LogP contribution < -0.4 is 0 Å². The Kier molecular flexibility index (Phi) is 9.17. The van der Waals surface area contributed by atoms with Crippen LogP contribution in [0, 0.1) is 11.3 Å². The van der Waals surface area contributed by atoms with Gasteiger partial charge in [-0.1, -0.05) is 133 Å². The Balaban J connectivity index is 1.41. The molecule has 0 saturated heterocycles. The van der Waals surface area contributed by atoms with Crippen LogP contribution in [0.4, 0.5) is 0 Å². The molecule has 0 amide bonds. The van der Waals surface area contributed by atoms with Crippen molar-refractivity contribution < 1.29 is 0 Å². The third kappa shape index (κ3) is 5.83. The Morgan fingerprint density at radius 1 is 0.795 bits per heavy atom. The molecule has 0 heterocycles. The highest BCUT2D eigenvalue weighted by atomic mass is 127. The second-order valence-corrected chi connectivity index (χ2v) is 11.8. The summed E-state index contributed by atoms with van der Waals surface area (Å²) in [4.78, 5) is 2.64. The fourth-order valence-corrected chi connectivity index (χ4v) is 7.07. The number of aryl methyl sites for hydroxylation is 1. The highest BCUT2D eigenvalue weighted by molar-refractivity contribution is 14.1. The van der Waals surface area contributed by atoms with E-state index in [0.29, 0.717) is 6.04 Å². The molecular weight excluding hydrogens is 587 g/mol. The standard InChI is InChI=1S/C36H37IN2/c1-2-31(39(25-28-13-5-3-6-14-28)26-29-15-7-4-8-16-29)18-12-23-36(27-38)34-21-10-9-19-32(34)33-20-11-17-30(22-24-37)35(33)36/h3-11,13-17,19-21,31H,2,12,18,22-26H2,1H3. The van der Waals surface area contributed by atoms with E-state index in [1.807, 2.05) is 0 Å². The monoisotopic (exact) mass is 624 g/mol. The zero-order chi connectivity index (χ0) is 27.1. The number of nitriles is 1. The van der Waals surface area contributed by atoms with Crippen molar-refractivity contribution in [1.29, 1.82) is 5.26 Å². The van der Waals surface area contributed by atoms with Crippen molar-refractivity contribution in [3.05, 3.63) is 131 Å². The van der Waals surface area contributed by atoms with Crippen molar-refractivity contribution in [1.82, 2.24) is 4.90 Å². The van der Waals surface area contributed by atoms with E-state index in [2.05, 4.69) is 144 Å². The summed E-state index contributed by atoms with van der Waals surface area (Å²) in [5.41, 5.74) is 8.43. The predicted octanol–water partition coefficient (Wildman–Crippen LogP) is 9.11. The number of hydrogen-bond acceptors (Lipinski definition) is 2. The Labute approximate surface area is 247 Å². The van der Waals surface area contributed by atoms with Crippen molar-refractivity contribution in [3.63, 3.8) is 0 Å². The van der Waals surface area contributed by atoms with Crippen LogP contribution in [0.1, 0.15) is 60.4 Å². The first-order valence-corrected chi connectivity index (χ1v) is 15.7. The summed E-state index contributed by atoms with van der Waals surface area (Å²) < 4.78 is 1.05. The minimum Gasteiger partial charge on any atom is -0.292 e. The molecule has 2 nitrogen and oxygen atoms in total. The SMILES string of the molecule is CCC(CCCC1(C#N)c2ccccc2-c2cccc(CCI)c21)N(Cc1ccccc1)Cc1ccccc1. The molecule has 1 aliphatic rings. The molecule has 2 unspecified atom stereocenters. The van der Waals surface area contributed by atoms with Crippen molar-refractivity contribution in [2.75, 3.05) is 4.43 Å². The van der Waals surface area contributed by atoms with Crippen LogP contribution in [0.25, 0.3) is 11.1 Å². The highest BCUT2D eigenvalue weighted by Gasteiger charge is 2.44. The van der Waals surface area contributed by atoms with E-state index < -0.39 is 5.41 Å². The zero-order valence-corrected chi connectivity index (χ0v) is 25.0. The summed E-state index contributed by atoms with van der Waals surface area (Å²) in [6.07, 6.45) is 5.03. The summed E-state index contributed by atoms with van der Waals surface area (Å²) in [6.45, 7) is 4.18. The highest BCUT2D eigenvalue weighted by Crippen LogP contribution is 2.52. The van der Waals surface area contributed by atoms with Crippen LogP contribution in [0.2, 0.25) is 0 Å². The van der Waals surface area contributed by atoms with Crippen molar-refractivity contribution in [3.8, 4) is 17.2 Å². The molecule has 4 aromatic carbocycles. The Bertz CT molecular complexity index is 1370. The number of rotatable bonds is 12. The van der Waals surface area contributed by atoms with Crippen LogP contribution >= 0.6 is 22.6 Å². The van der Waals surface area contributed by atoms with Gasteiger partial charge in [0.25, 0.3) is 0 Å². The third-order valence-corrected chi connectivity index (χ3v) is 8.88. The Hall–Kier alpha value is -2.94. The normalized spacial score (nSPS) is 16.5.